The monoisotopic (exact) mass is 238 g/mol. The zero-order valence-corrected chi connectivity index (χ0v) is 11.5. The number of aryl methyl sites for hydroxylation is 1. The predicted octanol–water partition coefficient (Wildman–Crippen LogP) is 2.94. The Morgan fingerprint density at radius 2 is 2.12 bits per heavy atom. The summed E-state index contributed by atoms with van der Waals surface area (Å²) < 4.78 is 0. The summed E-state index contributed by atoms with van der Waals surface area (Å²) in [5.41, 5.74) is 0. The van der Waals surface area contributed by atoms with Gasteiger partial charge in [-0.3, -0.25) is 0 Å². The van der Waals surface area contributed by atoms with Gasteiger partial charge in [-0.25, -0.2) is 0 Å². The van der Waals surface area contributed by atoms with E-state index in [0.29, 0.717) is 0 Å². The minimum Gasteiger partial charge on any atom is -0.339 e. The Bertz CT molecular complexity index is 331. The molecule has 2 N–H and O–H groups in total. The summed E-state index contributed by atoms with van der Waals surface area (Å²) in [7, 11) is 0. The van der Waals surface area contributed by atoms with Gasteiger partial charge < -0.3 is 5.32 Å². The van der Waals surface area contributed by atoms with Crippen LogP contribution >= 0.6 is 11.3 Å². The van der Waals surface area contributed by atoms with Gasteiger partial charge in [0.2, 0.25) is 0 Å². The van der Waals surface area contributed by atoms with E-state index in [2.05, 4.69) is 38.2 Å². The second kappa shape index (κ2) is 5.33. The molecule has 1 aliphatic carbocycles. The van der Waals surface area contributed by atoms with Crippen LogP contribution in [-0.4, -0.2) is 6.04 Å². The molecule has 0 amide bonds. The van der Waals surface area contributed by atoms with Crippen molar-refractivity contribution in [2.45, 2.75) is 52.6 Å². The minimum absolute atomic E-state index is 0.853. The fourth-order valence-electron chi connectivity index (χ4n) is 2.82. The Morgan fingerprint density at radius 3 is 2.81 bits per heavy atom. The molecule has 0 spiro atoms. The van der Waals surface area contributed by atoms with Crippen molar-refractivity contribution < 1.29 is 5.32 Å². The topological polar surface area (TPSA) is 16.6 Å². The summed E-state index contributed by atoms with van der Waals surface area (Å²) in [4.78, 5) is 2.97. The fraction of sp³-hybridized carbons (Fsp3) is 0.714. The van der Waals surface area contributed by atoms with E-state index in [4.69, 9.17) is 0 Å². The quantitative estimate of drug-likeness (QED) is 0.834. The van der Waals surface area contributed by atoms with Crippen molar-refractivity contribution in [3.8, 4) is 0 Å². The van der Waals surface area contributed by atoms with Crippen LogP contribution in [0.25, 0.3) is 0 Å². The fourth-order valence-corrected chi connectivity index (χ4v) is 3.68. The van der Waals surface area contributed by atoms with Gasteiger partial charge in [-0.1, -0.05) is 13.8 Å². The first kappa shape index (κ1) is 12.1. The van der Waals surface area contributed by atoms with Gasteiger partial charge in [0, 0.05) is 10.8 Å². The molecule has 3 atom stereocenters. The minimum atomic E-state index is 0.853. The number of hydrogen-bond donors (Lipinski definition) is 1. The van der Waals surface area contributed by atoms with Crippen molar-refractivity contribution in [1.82, 2.24) is 0 Å². The summed E-state index contributed by atoms with van der Waals surface area (Å²) in [5, 5.41) is 2.58. The van der Waals surface area contributed by atoms with Crippen molar-refractivity contribution >= 4 is 11.3 Å². The maximum absolute atomic E-state index is 2.58. The van der Waals surface area contributed by atoms with E-state index >= 15 is 0 Å². The molecule has 1 nitrogen and oxygen atoms in total. The third-order valence-corrected chi connectivity index (χ3v) is 5.21. The van der Waals surface area contributed by atoms with Crippen molar-refractivity contribution in [3.05, 3.63) is 21.9 Å². The van der Waals surface area contributed by atoms with E-state index < -0.39 is 0 Å². The highest BCUT2D eigenvalue weighted by molar-refractivity contribution is 7.11. The summed E-state index contributed by atoms with van der Waals surface area (Å²) in [6.45, 7) is 8.23. The first-order chi connectivity index (χ1) is 7.66. The van der Waals surface area contributed by atoms with Gasteiger partial charge in [0.15, 0.2) is 0 Å². The van der Waals surface area contributed by atoms with Gasteiger partial charge in [0.1, 0.15) is 6.54 Å². The van der Waals surface area contributed by atoms with Crippen LogP contribution in [0, 0.1) is 18.8 Å². The molecule has 90 valence electrons. The second-order valence-electron chi connectivity index (χ2n) is 5.38. The van der Waals surface area contributed by atoms with Crippen LogP contribution in [0.4, 0.5) is 0 Å². The molecule has 2 heteroatoms. The number of thiophene rings is 1. The van der Waals surface area contributed by atoms with E-state index in [9.17, 15) is 0 Å². The maximum Gasteiger partial charge on any atom is 0.111 e. The van der Waals surface area contributed by atoms with Gasteiger partial charge in [-0.2, -0.15) is 0 Å². The molecule has 16 heavy (non-hydrogen) atoms. The molecule has 1 heterocycles. The van der Waals surface area contributed by atoms with Gasteiger partial charge in [-0.15, -0.1) is 11.3 Å². The lowest BCUT2D eigenvalue weighted by Crippen LogP contribution is -2.90. The number of quaternary nitrogens is 1. The van der Waals surface area contributed by atoms with Crippen molar-refractivity contribution in [2.24, 2.45) is 11.8 Å². The van der Waals surface area contributed by atoms with Crippen LogP contribution in [0.15, 0.2) is 12.1 Å². The van der Waals surface area contributed by atoms with E-state index in [0.717, 1.165) is 17.9 Å². The van der Waals surface area contributed by atoms with Gasteiger partial charge in [0.05, 0.1) is 10.9 Å². The van der Waals surface area contributed by atoms with Gasteiger partial charge in [0.25, 0.3) is 0 Å². The Kier molecular flexibility index (Phi) is 4.04. The molecule has 1 aromatic rings. The maximum atomic E-state index is 2.58. The highest BCUT2D eigenvalue weighted by atomic mass is 32.1. The number of hydrogen-bond acceptors (Lipinski definition) is 1. The summed E-state index contributed by atoms with van der Waals surface area (Å²) >= 11 is 1.95. The lowest BCUT2D eigenvalue weighted by Gasteiger charge is -2.32. The highest BCUT2D eigenvalue weighted by Crippen LogP contribution is 2.27. The Labute approximate surface area is 103 Å². The largest absolute Gasteiger partial charge is 0.339 e. The van der Waals surface area contributed by atoms with E-state index in [1.165, 1.54) is 35.6 Å². The molecule has 0 unspecified atom stereocenters. The molecule has 1 aliphatic rings. The first-order valence-corrected chi connectivity index (χ1v) is 7.37. The smallest absolute Gasteiger partial charge is 0.111 e. The molecule has 0 aliphatic heterocycles. The zero-order chi connectivity index (χ0) is 11.5. The van der Waals surface area contributed by atoms with Crippen molar-refractivity contribution in [2.75, 3.05) is 0 Å². The average Bonchev–Trinajstić information content (AvgIpc) is 2.67. The van der Waals surface area contributed by atoms with Crippen LogP contribution < -0.4 is 5.32 Å². The highest BCUT2D eigenvalue weighted by Gasteiger charge is 2.29. The number of nitrogens with two attached hydrogens (primary N) is 1. The first-order valence-electron chi connectivity index (χ1n) is 6.55. The SMILES string of the molecule is Cc1ccc(C[NH2+][C@H]2CCC[C@H](C)[C@@H]2C)s1. The molecular formula is C14H24NS+. The van der Waals surface area contributed by atoms with Crippen LogP contribution in [0.3, 0.4) is 0 Å². The summed E-state index contributed by atoms with van der Waals surface area (Å²) in [6, 6.07) is 5.37. The van der Waals surface area contributed by atoms with Crippen molar-refractivity contribution in [3.63, 3.8) is 0 Å². The molecule has 1 fully saturated rings. The lowest BCUT2D eigenvalue weighted by molar-refractivity contribution is -0.713. The van der Waals surface area contributed by atoms with Crippen LogP contribution in [0.2, 0.25) is 0 Å². The summed E-state index contributed by atoms with van der Waals surface area (Å²) in [6.07, 6.45) is 4.27. The van der Waals surface area contributed by atoms with E-state index in [1.54, 1.807) is 0 Å². The Morgan fingerprint density at radius 1 is 1.31 bits per heavy atom. The molecule has 2 rings (SSSR count). The van der Waals surface area contributed by atoms with Gasteiger partial charge >= 0.3 is 0 Å². The third-order valence-electron chi connectivity index (χ3n) is 4.19. The predicted molar refractivity (Wildman–Crippen MR) is 70.7 cm³/mol. The molecular weight excluding hydrogens is 214 g/mol. The van der Waals surface area contributed by atoms with Crippen LogP contribution in [-0.2, 0) is 6.54 Å². The normalized spacial score (nSPS) is 30.6. The zero-order valence-electron chi connectivity index (χ0n) is 10.7. The second-order valence-corrected chi connectivity index (χ2v) is 6.76. The molecule has 0 saturated heterocycles. The van der Waals surface area contributed by atoms with E-state index in [1.807, 2.05) is 11.3 Å². The van der Waals surface area contributed by atoms with Crippen LogP contribution in [0.5, 0.6) is 0 Å². The Hall–Kier alpha value is -0.340. The van der Waals surface area contributed by atoms with E-state index in [-0.39, 0.29) is 0 Å². The Balaban J connectivity index is 1.85. The molecule has 1 aromatic heterocycles. The summed E-state index contributed by atoms with van der Waals surface area (Å²) in [5.74, 6) is 1.80. The molecule has 0 bridgehead atoms. The standard InChI is InChI=1S/C14H23NS/c1-10-5-4-6-14(12(10)3)15-9-13-8-7-11(2)16-13/h7-8,10,12,14-15H,4-6,9H2,1-3H3/p+1/t10-,12-,14-/m0/s1. The average molecular weight is 238 g/mol. The number of rotatable bonds is 3. The van der Waals surface area contributed by atoms with Crippen molar-refractivity contribution in [1.29, 1.82) is 0 Å². The lowest BCUT2D eigenvalue weighted by atomic mass is 9.78. The van der Waals surface area contributed by atoms with Gasteiger partial charge in [-0.05, 0) is 44.2 Å². The third kappa shape index (κ3) is 2.86. The van der Waals surface area contributed by atoms with Crippen LogP contribution in [0.1, 0.15) is 42.9 Å². The molecule has 0 aromatic carbocycles. The molecule has 1 saturated carbocycles. The molecule has 0 radical (unpaired) electrons.